The van der Waals surface area contributed by atoms with Crippen molar-refractivity contribution in [3.05, 3.63) is 65.7 Å². The summed E-state index contributed by atoms with van der Waals surface area (Å²) in [5.74, 6) is -0.379. The number of benzene rings is 3. The molecule has 0 saturated carbocycles. The summed E-state index contributed by atoms with van der Waals surface area (Å²) >= 11 is 0. The number of carbonyl (C=O) groups excluding carboxylic acids is 1. The zero-order valence-corrected chi connectivity index (χ0v) is 12.5. The minimum absolute atomic E-state index is 0.0822. The van der Waals surface area contributed by atoms with Gasteiger partial charge in [-0.05, 0) is 30.0 Å². The molecule has 3 heteroatoms. The van der Waals surface area contributed by atoms with E-state index in [1.807, 2.05) is 55.5 Å². The largest absolute Gasteiger partial charge is 0.507 e. The average Bonchev–Trinajstić information content (AvgIpc) is 2.55. The Bertz CT molecular complexity index is 851. The number of rotatable bonds is 2. The van der Waals surface area contributed by atoms with E-state index in [1.54, 1.807) is 0 Å². The summed E-state index contributed by atoms with van der Waals surface area (Å²) in [6, 6.07) is 16.9. The molecule has 0 fully saturated rings. The van der Waals surface area contributed by atoms with E-state index in [1.165, 1.54) is 13.2 Å². The van der Waals surface area contributed by atoms with Crippen molar-refractivity contribution in [1.29, 1.82) is 0 Å². The first-order chi connectivity index (χ1) is 10.6. The van der Waals surface area contributed by atoms with E-state index in [0.717, 1.165) is 27.5 Å². The van der Waals surface area contributed by atoms with Crippen LogP contribution in [0.1, 0.15) is 15.9 Å². The Hall–Kier alpha value is -2.81. The molecule has 110 valence electrons. The molecule has 0 saturated heterocycles. The highest BCUT2D eigenvalue weighted by atomic mass is 16.5. The maximum Gasteiger partial charge on any atom is 0.338 e. The molecule has 0 aliphatic carbocycles. The van der Waals surface area contributed by atoms with Gasteiger partial charge in [-0.25, -0.2) is 4.79 Å². The summed E-state index contributed by atoms with van der Waals surface area (Å²) in [5.41, 5.74) is 3.10. The van der Waals surface area contributed by atoms with Gasteiger partial charge in [-0.15, -0.1) is 0 Å². The third kappa shape index (κ3) is 2.31. The topological polar surface area (TPSA) is 46.5 Å². The van der Waals surface area contributed by atoms with E-state index in [-0.39, 0.29) is 5.75 Å². The fourth-order valence-corrected chi connectivity index (χ4v) is 2.71. The monoisotopic (exact) mass is 292 g/mol. The van der Waals surface area contributed by atoms with Gasteiger partial charge in [0.05, 0.1) is 12.7 Å². The number of phenolic OH excluding ortho intramolecular Hbond substituents is 1. The van der Waals surface area contributed by atoms with Crippen LogP contribution in [0.2, 0.25) is 0 Å². The van der Waals surface area contributed by atoms with Crippen LogP contribution < -0.4 is 0 Å². The van der Waals surface area contributed by atoms with Gasteiger partial charge >= 0.3 is 5.97 Å². The van der Waals surface area contributed by atoms with Crippen LogP contribution in [0.4, 0.5) is 0 Å². The molecule has 0 aliphatic heterocycles. The predicted molar refractivity (Wildman–Crippen MR) is 87.1 cm³/mol. The quantitative estimate of drug-likeness (QED) is 0.716. The SMILES string of the molecule is COC(=O)c1cc(O)c2cc(C)ccc2c1-c1ccccc1. The highest BCUT2D eigenvalue weighted by molar-refractivity contribution is 6.10. The number of hydrogen-bond donors (Lipinski definition) is 1. The number of carbonyl (C=O) groups is 1. The molecule has 0 atom stereocenters. The number of aryl methyl sites for hydroxylation is 1. The Kier molecular flexibility index (Phi) is 3.55. The van der Waals surface area contributed by atoms with Crippen LogP contribution in [0.15, 0.2) is 54.6 Å². The maximum absolute atomic E-state index is 12.1. The molecule has 22 heavy (non-hydrogen) atoms. The van der Waals surface area contributed by atoms with Crippen LogP contribution in [-0.4, -0.2) is 18.2 Å². The number of esters is 1. The van der Waals surface area contributed by atoms with Crippen molar-refractivity contribution in [3.8, 4) is 16.9 Å². The fraction of sp³-hybridized carbons (Fsp3) is 0.105. The summed E-state index contributed by atoms with van der Waals surface area (Å²) in [7, 11) is 1.34. The summed E-state index contributed by atoms with van der Waals surface area (Å²) in [6.07, 6.45) is 0. The van der Waals surface area contributed by atoms with Crippen LogP contribution in [0.3, 0.4) is 0 Å². The van der Waals surface area contributed by atoms with Crippen molar-refractivity contribution >= 4 is 16.7 Å². The lowest BCUT2D eigenvalue weighted by Crippen LogP contribution is -2.04. The number of fused-ring (bicyclic) bond motifs is 1. The fourth-order valence-electron chi connectivity index (χ4n) is 2.71. The highest BCUT2D eigenvalue weighted by Gasteiger charge is 2.19. The minimum atomic E-state index is -0.461. The molecule has 3 nitrogen and oxygen atoms in total. The highest BCUT2D eigenvalue weighted by Crippen LogP contribution is 2.38. The van der Waals surface area contributed by atoms with Crippen LogP contribution in [0, 0.1) is 6.92 Å². The van der Waals surface area contributed by atoms with Gasteiger partial charge in [-0.3, -0.25) is 0 Å². The van der Waals surface area contributed by atoms with Crippen LogP contribution in [0.25, 0.3) is 21.9 Å². The van der Waals surface area contributed by atoms with Gasteiger partial charge in [0.25, 0.3) is 0 Å². The molecule has 0 radical (unpaired) electrons. The minimum Gasteiger partial charge on any atom is -0.507 e. The van der Waals surface area contributed by atoms with Crippen LogP contribution in [0.5, 0.6) is 5.75 Å². The van der Waals surface area contributed by atoms with Gasteiger partial charge in [-0.2, -0.15) is 0 Å². The Labute approximate surface area is 128 Å². The Balaban J connectivity index is 2.44. The van der Waals surface area contributed by atoms with Gasteiger partial charge in [0, 0.05) is 10.9 Å². The van der Waals surface area contributed by atoms with Gasteiger partial charge in [0.1, 0.15) is 5.75 Å². The van der Waals surface area contributed by atoms with E-state index < -0.39 is 5.97 Å². The average molecular weight is 292 g/mol. The number of hydrogen-bond acceptors (Lipinski definition) is 3. The smallest absolute Gasteiger partial charge is 0.338 e. The number of methoxy groups -OCH3 is 1. The first kappa shape index (κ1) is 14.1. The summed E-state index contributed by atoms with van der Waals surface area (Å²) in [6.45, 7) is 1.97. The molecule has 3 rings (SSSR count). The van der Waals surface area contributed by atoms with E-state index in [2.05, 4.69) is 0 Å². The molecular weight excluding hydrogens is 276 g/mol. The Morgan fingerprint density at radius 3 is 2.41 bits per heavy atom. The zero-order valence-electron chi connectivity index (χ0n) is 12.5. The second-order valence-electron chi connectivity index (χ2n) is 5.22. The van der Waals surface area contributed by atoms with Crippen LogP contribution >= 0.6 is 0 Å². The van der Waals surface area contributed by atoms with Crippen molar-refractivity contribution in [2.75, 3.05) is 7.11 Å². The number of ether oxygens (including phenoxy) is 1. The summed E-state index contributed by atoms with van der Waals surface area (Å²) in [4.78, 5) is 12.1. The molecule has 0 heterocycles. The van der Waals surface area contributed by atoms with E-state index >= 15 is 0 Å². The molecule has 0 spiro atoms. The molecule has 0 unspecified atom stereocenters. The normalized spacial score (nSPS) is 10.6. The maximum atomic E-state index is 12.1. The predicted octanol–water partition coefficient (Wildman–Crippen LogP) is 4.31. The lowest BCUT2D eigenvalue weighted by molar-refractivity contribution is 0.0601. The summed E-state index contributed by atoms with van der Waals surface area (Å²) < 4.78 is 4.88. The second-order valence-corrected chi connectivity index (χ2v) is 5.22. The van der Waals surface area contributed by atoms with Gasteiger partial charge in [-0.1, -0.05) is 48.0 Å². The number of phenols is 1. The van der Waals surface area contributed by atoms with Crippen molar-refractivity contribution in [2.24, 2.45) is 0 Å². The van der Waals surface area contributed by atoms with E-state index in [4.69, 9.17) is 4.74 Å². The molecular formula is C19H16O3. The van der Waals surface area contributed by atoms with Crippen molar-refractivity contribution in [1.82, 2.24) is 0 Å². The molecule has 3 aromatic rings. The molecule has 3 aromatic carbocycles. The molecule has 1 N–H and O–H groups in total. The third-order valence-corrected chi connectivity index (χ3v) is 3.74. The molecule has 0 bridgehead atoms. The van der Waals surface area contributed by atoms with E-state index in [9.17, 15) is 9.90 Å². The molecule has 0 aliphatic rings. The lowest BCUT2D eigenvalue weighted by atomic mass is 9.92. The van der Waals surface area contributed by atoms with Gasteiger partial charge < -0.3 is 9.84 Å². The first-order valence-electron chi connectivity index (χ1n) is 7.02. The molecule has 0 amide bonds. The Morgan fingerprint density at radius 1 is 1.00 bits per heavy atom. The van der Waals surface area contributed by atoms with Crippen LogP contribution in [-0.2, 0) is 4.74 Å². The first-order valence-corrected chi connectivity index (χ1v) is 7.02. The third-order valence-electron chi connectivity index (χ3n) is 3.74. The Morgan fingerprint density at radius 2 is 1.73 bits per heavy atom. The standard InChI is InChI=1S/C19H16O3/c1-12-8-9-14-15(10-12)17(20)11-16(19(21)22-2)18(14)13-6-4-3-5-7-13/h3-11,20H,1-2H3. The second kappa shape index (κ2) is 5.53. The van der Waals surface area contributed by atoms with Crippen molar-refractivity contribution in [3.63, 3.8) is 0 Å². The lowest BCUT2D eigenvalue weighted by Gasteiger charge is -2.14. The van der Waals surface area contributed by atoms with Gasteiger partial charge in [0.15, 0.2) is 0 Å². The summed E-state index contributed by atoms with van der Waals surface area (Å²) in [5, 5.41) is 11.8. The van der Waals surface area contributed by atoms with E-state index in [0.29, 0.717) is 5.56 Å². The van der Waals surface area contributed by atoms with Crippen molar-refractivity contribution in [2.45, 2.75) is 6.92 Å². The van der Waals surface area contributed by atoms with Gasteiger partial charge in [0.2, 0.25) is 0 Å². The molecule has 0 aromatic heterocycles. The number of aromatic hydroxyl groups is 1. The van der Waals surface area contributed by atoms with Crippen molar-refractivity contribution < 1.29 is 14.6 Å². The zero-order chi connectivity index (χ0) is 15.7.